The molecule has 0 radical (unpaired) electrons. The second-order valence-corrected chi connectivity index (χ2v) is 22.3. The minimum Gasteiger partial charge on any atom is -0.458 e. The summed E-state index contributed by atoms with van der Waals surface area (Å²) >= 11 is 0. The third kappa shape index (κ3) is 8.02. The van der Waals surface area contributed by atoms with Gasteiger partial charge in [-0.3, -0.25) is 0 Å². The van der Waals surface area contributed by atoms with Crippen molar-refractivity contribution in [3.8, 4) is 97.0 Å². The summed E-state index contributed by atoms with van der Waals surface area (Å²) in [5, 5.41) is 1.97. The summed E-state index contributed by atoms with van der Waals surface area (Å²) in [5.74, 6) is 6.40. The third-order valence-electron chi connectivity index (χ3n) is 15.1. The second-order valence-electron chi connectivity index (χ2n) is 22.3. The molecule has 0 saturated heterocycles. The van der Waals surface area contributed by atoms with Gasteiger partial charge in [0, 0.05) is 61.7 Å². The molecule has 14 rings (SSSR count). The Morgan fingerprint density at radius 2 is 0.692 bits per heavy atom. The van der Waals surface area contributed by atoms with E-state index in [1.807, 2.05) is 121 Å². The molecule has 5 heterocycles. The highest BCUT2D eigenvalue weighted by atomic mass is 16.5. The summed E-state index contributed by atoms with van der Waals surface area (Å²) < 4.78 is 16.7. The van der Waals surface area contributed by atoms with Crippen LogP contribution in [0.5, 0.6) is 23.0 Å². The van der Waals surface area contributed by atoms with E-state index in [0.29, 0.717) is 34.9 Å². The van der Waals surface area contributed by atoms with Crippen LogP contribution in [-0.4, -0.2) is 41.2 Å². The molecule has 0 amide bonds. The topological polar surface area (TPSA) is 101 Å². The first-order valence-electron chi connectivity index (χ1n) is 26.5. The maximum absolute atomic E-state index is 7.20. The number of para-hydroxylation sites is 2. The molecule has 0 bridgehead atoms. The summed E-state index contributed by atoms with van der Waals surface area (Å²) in [4.78, 5) is 31.5. The van der Waals surface area contributed by atoms with Crippen LogP contribution in [0.4, 0.5) is 0 Å². The van der Waals surface area contributed by atoms with E-state index in [9.17, 15) is 0 Å². The molecule has 0 N–H and O–H groups in total. The molecule has 2 aliphatic heterocycles. The predicted molar refractivity (Wildman–Crippen MR) is 315 cm³/mol. The van der Waals surface area contributed by atoms with Crippen LogP contribution >= 0.6 is 0 Å². The average Bonchev–Trinajstić information content (AvgIpc) is 3.97. The Bertz CT molecular complexity index is 3950. The van der Waals surface area contributed by atoms with Crippen molar-refractivity contribution in [2.45, 2.75) is 52.4 Å². The Labute approximate surface area is 453 Å². The molecule has 0 unspecified atom stereocenters. The number of ether oxygens (including phenoxy) is 2. The Morgan fingerprint density at radius 3 is 1.04 bits per heavy atom. The number of hydrogen-bond donors (Lipinski definition) is 0. The maximum Gasteiger partial charge on any atom is 0.260 e. The SMILES string of the molecule is CC(C)(C)c1ccc2c(c1)B1c3cc(C(C)(C)C)ccc3Oc3cc(-n4c5c(-c6nc(-c7ccccc7)nc(-c7ccccc7)n6)cccc5c5cccc(-c6nc(-c7ccccc7)nc(-c7ccccc7)n6)c54)cc(c31)O2. The van der Waals surface area contributed by atoms with Gasteiger partial charge in [0.25, 0.3) is 6.71 Å². The Balaban J connectivity index is 1.08. The van der Waals surface area contributed by atoms with E-state index >= 15 is 0 Å². The molecule has 9 nitrogen and oxygen atoms in total. The van der Waals surface area contributed by atoms with Crippen LogP contribution in [-0.2, 0) is 10.8 Å². The van der Waals surface area contributed by atoms with Gasteiger partial charge in [-0.15, -0.1) is 0 Å². The molecule has 2 aliphatic rings. The van der Waals surface area contributed by atoms with E-state index in [0.717, 1.165) is 100 Å². The summed E-state index contributed by atoms with van der Waals surface area (Å²) in [6.07, 6.45) is 0. The van der Waals surface area contributed by atoms with Crippen molar-refractivity contribution in [3.05, 3.63) is 217 Å². The van der Waals surface area contributed by atoms with Crippen LogP contribution in [0.3, 0.4) is 0 Å². The summed E-state index contributed by atoms with van der Waals surface area (Å²) in [6, 6.07) is 70.9. The van der Waals surface area contributed by atoms with Gasteiger partial charge in [0.1, 0.15) is 23.0 Å². The van der Waals surface area contributed by atoms with Gasteiger partial charge in [-0.1, -0.05) is 211 Å². The first-order chi connectivity index (χ1) is 37.9. The lowest BCUT2D eigenvalue weighted by Crippen LogP contribution is -2.57. The average molecular weight is 1010 g/mol. The fourth-order valence-electron chi connectivity index (χ4n) is 11.1. The van der Waals surface area contributed by atoms with Gasteiger partial charge >= 0.3 is 0 Å². The normalized spacial score (nSPS) is 12.7. The van der Waals surface area contributed by atoms with Gasteiger partial charge in [-0.2, -0.15) is 0 Å². The molecule has 0 fully saturated rings. The van der Waals surface area contributed by atoms with Gasteiger partial charge in [-0.25, -0.2) is 29.9 Å². The molecular weight excluding hydrogens is 958 g/mol. The third-order valence-corrected chi connectivity index (χ3v) is 15.1. The standard InChI is InChI=1S/C68H52BN7O2/c1-67(2,3)45-33-35-54-52(37-45)69-53-38-46(68(4,5)6)34-36-55(53)78-57-40-47(39-56(77-54)58(57)69)76-59-48(29-19-31-50(59)65-72-61(41-21-11-7-12-22-41)70-62(73-65)42-23-13-8-14-24-42)49-30-20-32-51(60(49)76)66-74-63(43-25-15-9-16-26-43)71-64(75-66)44-27-17-10-18-28-44/h7-40H,1-6H3. The van der Waals surface area contributed by atoms with E-state index in [1.54, 1.807) is 0 Å². The molecule has 10 heteroatoms. The smallest absolute Gasteiger partial charge is 0.260 e. The van der Waals surface area contributed by atoms with Gasteiger partial charge in [0.05, 0.1) is 16.7 Å². The van der Waals surface area contributed by atoms with Crippen molar-refractivity contribution in [1.29, 1.82) is 0 Å². The fourth-order valence-corrected chi connectivity index (χ4v) is 11.1. The zero-order valence-electron chi connectivity index (χ0n) is 44.2. The Morgan fingerprint density at radius 1 is 0.346 bits per heavy atom. The fraction of sp³-hybridized carbons (Fsp3) is 0.118. The largest absolute Gasteiger partial charge is 0.458 e. The molecule has 0 saturated carbocycles. The number of nitrogens with zero attached hydrogens (tertiary/aromatic N) is 7. The summed E-state index contributed by atoms with van der Waals surface area (Å²) in [7, 11) is 0. The van der Waals surface area contributed by atoms with Gasteiger partial charge in [0.2, 0.25) is 0 Å². The highest BCUT2D eigenvalue weighted by molar-refractivity contribution is 6.98. The molecule has 374 valence electrons. The minimum atomic E-state index is -0.151. The van der Waals surface area contributed by atoms with Crippen LogP contribution in [0.25, 0.3) is 95.8 Å². The highest BCUT2D eigenvalue weighted by Crippen LogP contribution is 2.45. The van der Waals surface area contributed by atoms with Gasteiger partial charge < -0.3 is 14.0 Å². The van der Waals surface area contributed by atoms with E-state index in [2.05, 4.69) is 131 Å². The first-order valence-corrected chi connectivity index (χ1v) is 26.5. The summed E-state index contributed by atoms with van der Waals surface area (Å²) in [6.45, 7) is 13.4. The van der Waals surface area contributed by atoms with Crippen LogP contribution < -0.4 is 25.9 Å². The van der Waals surface area contributed by atoms with E-state index in [1.165, 1.54) is 11.1 Å². The number of hydrogen-bond acceptors (Lipinski definition) is 8. The number of aromatic nitrogens is 7. The Kier molecular flexibility index (Phi) is 10.9. The van der Waals surface area contributed by atoms with E-state index in [-0.39, 0.29) is 17.5 Å². The van der Waals surface area contributed by atoms with E-state index < -0.39 is 0 Å². The zero-order valence-corrected chi connectivity index (χ0v) is 44.2. The lowest BCUT2D eigenvalue weighted by Gasteiger charge is -2.35. The van der Waals surface area contributed by atoms with Crippen molar-refractivity contribution in [2.24, 2.45) is 0 Å². The number of benzene rings is 9. The van der Waals surface area contributed by atoms with Gasteiger partial charge in [0.15, 0.2) is 34.9 Å². The molecule has 0 spiro atoms. The van der Waals surface area contributed by atoms with Crippen LogP contribution in [0.2, 0.25) is 0 Å². The van der Waals surface area contributed by atoms with Crippen molar-refractivity contribution in [1.82, 2.24) is 34.5 Å². The predicted octanol–water partition coefficient (Wildman–Crippen LogP) is 14.5. The van der Waals surface area contributed by atoms with Crippen LogP contribution in [0, 0.1) is 0 Å². The monoisotopic (exact) mass is 1010 g/mol. The van der Waals surface area contributed by atoms with Crippen LogP contribution in [0.1, 0.15) is 52.7 Å². The van der Waals surface area contributed by atoms with Crippen molar-refractivity contribution < 1.29 is 9.47 Å². The number of fused-ring (bicyclic) bond motifs is 7. The lowest BCUT2D eigenvalue weighted by molar-refractivity contribution is 0.463. The second kappa shape index (κ2) is 18.1. The molecule has 9 aromatic carbocycles. The minimum absolute atomic E-state index is 0.0836. The highest BCUT2D eigenvalue weighted by Gasteiger charge is 2.42. The molecular formula is C68H52BN7O2. The molecule has 78 heavy (non-hydrogen) atoms. The maximum atomic E-state index is 7.20. The van der Waals surface area contributed by atoms with Crippen LogP contribution in [0.15, 0.2) is 206 Å². The molecule has 0 aliphatic carbocycles. The molecule has 3 aromatic heterocycles. The number of rotatable bonds is 7. The molecule has 0 atom stereocenters. The zero-order chi connectivity index (χ0) is 52.9. The quantitative estimate of drug-likeness (QED) is 0.146. The lowest BCUT2D eigenvalue weighted by atomic mass is 9.34. The first kappa shape index (κ1) is 47.0. The van der Waals surface area contributed by atoms with Crippen molar-refractivity contribution >= 4 is 44.9 Å². The van der Waals surface area contributed by atoms with Gasteiger partial charge in [-0.05, 0) is 57.1 Å². The Hall–Kier alpha value is -9.54. The summed E-state index contributed by atoms with van der Waals surface area (Å²) in [5.41, 5.74) is 13.3. The van der Waals surface area contributed by atoms with E-state index in [4.69, 9.17) is 39.4 Å². The van der Waals surface area contributed by atoms with Crippen molar-refractivity contribution in [2.75, 3.05) is 0 Å². The molecule has 12 aromatic rings. The van der Waals surface area contributed by atoms with Crippen molar-refractivity contribution in [3.63, 3.8) is 0 Å².